The maximum Gasteiger partial charge on any atom is 0.191 e. The molecule has 2 rings (SSSR count). The van der Waals surface area contributed by atoms with Crippen molar-refractivity contribution in [3.05, 3.63) is 35.4 Å². The molecule has 0 radical (unpaired) electrons. The van der Waals surface area contributed by atoms with Gasteiger partial charge in [-0.2, -0.15) is 0 Å². The zero-order chi connectivity index (χ0) is 15.3. The van der Waals surface area contributed by atoms with Crippen LogP contribution in [0.25, 0.3) is 0 Å². The number of guanidine groups is 1. The van der Waals surface area contributed by atoms with Crippen LogP contribution in [0.1, 0.15) is 30.9 Å². The van der Waals surface area contributed by atoms with Crippen LogP contribution in [-0.4, -0.2) is 39.3 Å². The van der Waals surface area contributed by atoms with Crippen molar-refractivity contribution < 1.29 is 4.74 Å². The lowest BCUT2D eigenvalue weighted by Crippen LogP contribution is -2.51. The molecule has 4 nitrogen and oxygen atoms in total. The molecule has 0 bridgehead atoms. The van der Waals surface area contributed by atoms with E-state index in [2.05, 4.69) is 60.7 Å². The van der Waals surface area contributed by atoms with E-state index in [-0.39, 0.29) is 29.4 Å². The number of benzene rings is 1. The third-order valence-corrected chi connectivity index (χ3v) is 3.99. The fraction of sp³-hybridized carbons (Fsp3) is 0.588. The van der Waals surface area contributed by atoms with Gasteiger partial charge in [-0.3, -0.25) is 4.99 Å². The summed E-state index contributed by atoms with van der Waals surface area (Å²) in [6, 6.07) is 8.68. The molecule has 2 N–H and O–H groups in total. The van der Waals surface area contributed by atoms with E-state index < -0.39 is 0 Å². The summed E-state index contributed by atoms with van der Waals surface area (Å²) in [6.45, 7) is 10.0. The summed E-state index contributed by atoms with van der Waals surface area (Å²) in [4.78, 5) is 4.29. The highest BCUT2D eigenvalue weighted by molar-refractivity contribution is 14.0. The first-order chi connectivity index (χ1) is 10.0. The van der Waals surface area contributed by atoms with E-state index in [1.165, 1.54) is 11.1 Å². The van der Waals surface area contributed by atoms with Crippen LogP contribution < -0.4 is 10.6 Å². The largest absolute Gasteiger partial charge is 0.380 e. The van der Waals surface area contributed by atoms with Crippen molar-refractivity contribution in [1.82, 2.24) is 10.6 Å². The molecule has 1 atom stereocenters. The van der Waals surface area contributed by atoms with Crippen LogP contribution >= 0.6 is 24.0 Å². The first-order valence-electron chi connectivity index (χ1n) is 7.61. The zero-order valence-corrected chi connectivity index (χ0v) is 16.3. The molecule has 124 valence electrons. The lowest BCUT2D eigenvalue weighted by molar-refractivity contribution is -0.0971. The van der Waals surface area contributed by atoms with Crippen molar-refractivity contribution in [2.24, 2.45) is 10.4 Å². The Morgan fingerprint density at radius 2 is 2.09 bits per heavy atom. The Hall–Kier alpha value is -0.820. The number of ether oxygens (including phenoxy) is 1. The Kier molecular flexibility index (Phi) is 7.62. The Bertz CT molecular complexity index is 500. The van der Waals surface area contributed by atoms with E-state index >= 15 is 0 Å². The van der Waals surface area contributed by atoms with Crippen molar-refractivity contribution in [1.29, 1.82) is 0 Å². The number of nitrogens with zero attached hydrogens (tertiary/aromatic N) is 1. The Morgan fingerprint density at radius 1 is 1.36 bits per heavy atom. The Morgan fingerprint density at radius 3 is 2.64 bits per heavy atom. The number of rotatable bonds is 5. The second-order valence-electron chi connectivity index (χ2n) is 6.43. The minimum absolute atomic E-state index is 0. The van der Waals surface area contributed by atoms with Gasteiger partial charge in [0.1, 0.15) is 0 Å². The highest BCUT2D eigenvalue weighted by Gasteiger charge is 2.33. The molecule has 5 heteroatoms. The van der Waals surface area contributed by atoms with Crippen LogP contribution in [0.4, 0.5) is 0 Å². The monoisotopic (exact) mass is 417 g/mol. The predicted molar refractivity (Wildman–Crippen MR) is 103 cm³/mol. The molecule has 1 unspecified atom stereocenters. The molecule has 0 aromatic heterocycles. The van der Waals surface area contributed by atoms with E-state index in [0.29, 0.717) is 5.92 Å². The molecule has 0 spiro atoms. The molecule has 1 aromatic rings. The normalized spacial score (nSPS) is 17.9. The molecular weight excluding hydrogens is 389 g/mol. The van der Waals surface area contributed by atoms with Crippen LogP contribution in [-0.2, 0) is 4.74 Å². The second-order valence-corrected chi connectivity index (χ2v) is 6.43. The summed E-state index contributed by atoms with van der Waals surface area (Å²) in [5.74, 6) is 1.31. The fourth-order valence-electron chi connectivity index (χ4n) is 2.41. The average Bonchev–Trinajstić information content (AvgIpc) is 2.45. The van der Waals surface area contributed by atoms with Gasteiger partial charge in [0.25, 0.3) is 0 Å². The fourth-order valence-corrected chi connectivity index (χ4v) is 2.41. The molecule has 1 aliphatic rings. The lowest BCUT2D eigenvalue weighted by Gasteiger charge is -2.38. The van der Waals surface area contributed by atoms with Gasteiger partial charge in [-0.15, -0.1) is 24.0 Å². The highest BCUT2D eigenvalue weighted by atomic mass is 127. The summed E-state index contributed by atoms with van der Waals surface area (Å²) >= 11 is 0. The molecule has 22 heavy (non-hydrogen) atoms. The third-order valence-electron chi connectivity index (χ3n) is 3.99. The Labute approximate surface area is 151 Å². The summed E-state index contributed by atoms with van der Waals surface area (Å²) in [7, 11) is 1.81. The lowest BCUT2D eigenvalue weighted by atomic mass is 9.89. The van der Waals surface area contributed by atoms with E-state index in [0.717, 1.165) is 32.3 Å². The number of halogens is 1. The van der Waals surface area contributed by atoms with E-state index in [1.54, 1.807) is 0 Å². The first-order valence-corrected chi connectivity index (χ1v) is 7.61. The van der Waals surface area contributed by atoms with Crippen LogP contribution in [0, 0.1) is 12.3 Å². The first kappa shape index (κ1) is 19.2. The molecule has 1 aromatic carbocycles. The Balaban J connectivity index is 0.00000242. The molecule has 1 fully saturated rings. The molecule has 1 heterocycles. The molecule has 1 aliphatic heterocycles. The number of aliphatic imine (C=N–C) groups is 1. The van der Waals surface area contributed by atoms with Gasteiger partial charge in [0.15, 0.2) is 5.96 Å². The number of nitrogens with one attached hydrogen (secondary N) is 2. The quantitative estimate of drug-likeness (QED) is 0.440. The van der Waals surface area contributed by atoms with Gasteiger partial charge in [-0.1, -0.05) is 43.7 Å². The highest BCUT2D eigenvalue weighted by Crippen LogP contribution is 2.24. The van der Waals surface area contributed by atoms with Crippen LogP contribution in [0.3, 0.4) is 0 Å². The smallest absolute Gasteiger partial charge is 0.191 e. The zero-order valence-electron chi connectivity index (χ0n) is 14.0. The molecule has 0 saturated carbocycles. The van der Waals surface area contributed by atoms with Gasteiger partial charge in [0.05, 0.1) is 13.2 Å². The number of aryl methyl sites for hydroxylation is 1. The molecule has 0 amide bonds. The standard InChI is InChI=1S/C17H27N3O.HI/c1-13-6-5-7-15(8-13)14(2)9-19-16(18-4)20-10-17(3)11-21-12-17;/h5-8,14H,9-12H2,1-4H3,(H2,18,19,20);1H. The van der Waals surface area contributed by atoms with Gasteiger partial charge in [0.2, 0.25) is 0 Å². The summed E-state index contributed by atoms with van der Waals surface area (Å²) < 4.78 is 5.27. The average molecular weight is 417 g/mol. The molecule has 1 saturated heterocycles. The van der Waals surface area contributed by atoms with Gasteiger partial charge in [0, 0.05) is 25.6 Å². The van der Waals surface area contributed by atoms with Crippen LogP contribution in [0.2, 0.25) is 0 Å². The number of hydrogen-bond acceptors (Lipinski definition) is 2. The van der Waals surface area contributed by atoms with Gasteiger partial charge in [-0.25, -0.2) is 0 Å². The van der Waals surface area contributed by atoms with Gasteiger partial charge < -0.3 is 15.4 Å². The summed E-state index contributed by atoms with van der Waals surface area (Å²) in [5, 5.41) is 6.79. The number of hydrogen-bond donors (Lipinski definition) is 2. The minimum Gasteiger partial charge on any atom is -0.380 e. The van der Waals surface area contributed by atoms with Gasteiger partial charge in [-0.05, 0) is 18.4 Å². The van der Waals surface area contributed by atoms with Crippen molar-refractivity contribution >= 4 is 29.9 Å². The second kappa shape index (κ2) is 8.72. The van der Waals surface area contributed by atoms with Crippen molar-refractivity contribution in [3.63, 3.8) is 0 Å². The summed E-state index contributed by atoms with van der Waals surface area (Å²) in [6.07, 6.45) is 0. The van der Waals surface area contributed by atoms with Crippen LogP contribution in [0.5, 0.6) is 0 Å². The van der Waals surface area contributed by atoms with Crippen LogP contribution in [0.15, 0.2) is 29.3 Å². The minimum atomic E-state index is 0. The predicted octanol–water partition coefficient (Wildman–Crippen LogP) is 2.92. The topological polar surface area (TPSA) is 45.7 Å². The maximum absolute atomic E-state index is 5.27. The van der Waals surface area contributed by atoms with E-state index in [1.807, 2.05) is 7.05 Å². The van der Waals surface area contributed by atoms with E-state index in [4.69, 9.17) is 4.74 Å². The third kappa shape index (κ3) is 5.43. The molecule has 0 aliphatic carbocycles. The van der Waals surface area contributed by atoms with Gasteiger partial charge >= 0.3 is 0 Å². The van der Waals surface area contributed by atoms with Crippen molar-refractivity contribution in [3.8, 4) is 0 Å². The van der Waals surface area contributed by atoms with Crippen molar-refractivity contribution in [2.45, 2.75) is 26.7 Å². The molecular formula is C17H28IN3O. The van der Waals surface area contributed by atoms with E-state index in [9.17, 15) is 0 Å². The van der Waals surface area contributed by atoms with Crippen molar-refractivity contribution in [2.75, 3.05) is 33.4 Å². The maximum atomic E-state index is 5.27. The SMILES string of the molecule is CN=C(NCC(C)c1cccc(C)c1)NCC1(C)COC1.I. The summed E-state index contributed by atoms with van der Waals surface area (Å²) in [5.41, 5.74) is 2.91.